The van der Waals surface area contributed by atoms with Crippen molar-refractivity contribution < 1.29 is 9.84 Å². The molecule has 0 aliphatic carbocycles. The van der Waals surface area contributed by atoms with Crippen molar-refractivity contribution in [3.8, 4) is 5.88 Å². The topological polar surface area (TPSA) is 70.5 Å². The summed E-state index contributed by atoms with van der Waals surface area (Å²) in [6, 6.07) is 1.95. The maximum absolute atomic E-state index is 9.99. The first kappa shape index (κ1) is 15.1. The molecule has 2 saturated heterocycles. The molecule has 0 radical (unpaired) electrons. The summed E-state index contributed by atoms with van der Waals surface area (Å²) in [5, 5.41) is 13.5. The van der Waals surface area contributed by atoms with Gasteiger partial charge in [-0.15, -0.1) is 4.37 Å². The van der Waals surface area contributed by atoms with Gasteiger partial charge in [0, 0.05) is 24.7 Å². The molecule has 2 bridgehead atoms. The van der Waals surface area contributed by atoms with Crippen LogP contribution in [-0.4, -0.2) is 63.2 Å². The second kappa shape index (κ2) is 7.00. The Bertz CT molecular complexity index is 417. The Morgan fingerprint density at radius 2 is 2.24 bits per heavy atom. The number of hydrogen-bond donors (Lipinski definition) is 2. The van der Waals surface area contributed by atoms with Gasteiger partial charge < -0.3 is 20.1 Å². The quantitative estimate of drug-likeness (QED) is 0.813. The molecular formula is C14H24N4O2S. The number of rotatable bonds is 6. The minimum atomic E-state index is -0.508. The molecule has 0 spiro atoms. The lowest BCUT2D eigenvalue weighted by Gasteiger charge is -2.47. The summed E-state index contributed by atoms with van der Waals surface area (Å²) in [6.07, 6.45) is 7.44. The van der Waals surface area contributed by atoms with Gasteiger partial charge in [0.2, 0.25) is 5.88 Å². The van der Waals surface area contributed by atoms with E-state index in [1.807, 2.05) is 0 Å². The number of piperidine rings is 2. The number of ether oxygens (including phenoxy) is 1. The molecule has 2 aliphatic rings. The zero-order valence-corrected chi connectivity index (χ0v) is 13.3. The zero-order chi connectivity index (χ0) is 14.7. The van der Waals surface area contributed by atoms with Crippen LogP contribution in [0.15, 0.2) is 6.20 Å². The molecule has 1 aromatic heterocycles. The van der Waals surface area contributed by atoms with Gasteiger partial charge in [-0.3, -0.25) is 0 Å². The average Bonchev–Trinajstić information content (AvgIpc) is 2.96. The number of nitrogens with one attached hydrogen (secondary N) is 1. The van der Waals surface area contributed by atoms with E-state index in [0.717, 1.165) is 11.7 Å². The first-order valence-electron chi connectivity index (χ1n) is 7.76. The van der Waals surface area contributed by atoms with E-state index in [1.165, 1.54) is 32.1 Å². The van der Waals surface area contributed by atoms with E-state index < -0.39 is 6.10 Å². The molecule has 2 fully saturated rings. The first-order valence-corrected chi connectivity index (χ1v) is 8.49. The molecule has 2 N–H and O–H groups in total. The minimum Gasteiger partial charge on any atom is -0.473 e. The normalized spacial score (nSPS) is 31.0. The van der Waals surface area contributed by atoms with Crippen LogP contribution in [0, 0.1) is 0 Å². The van der Waals surface area contributed by atoms with E-state index >= 15 is 0 Å². The van der Waals surface area contributed by atoms with Crippen molar-refractivity contribution in [1.82, 2.24) is 19.0 Å². The molecule has 0 aromatic carbocycles. The fourth-order valence-corrected chi connectivity index (χ4v) is 3.91. The van der Waals surface area contributed by atoms with Crippen LogP contribution in [0.5, 0.6) is 5.88 Å². The Hall–Kier alpha value is -0.760. The highest BCUT2D eigenvalue weighted by Gasteiger charge is 2.35. The van der Waals surface area contributed by atoms with Gasteiger partial charge in [-0.2, -0.15) is 4.37 Å². The highest BCUT2D eigenvalue weighted by molar-refractivity contribution is 6.99. The van der Waals surface area contributed by atoms with Crippen molar-refractivity contribution >= 4 is 11.7 Å². The molecule has 7 heteroatoms. The maximum atomic E-state index is 9.99. The number of aromatic nitrogens is 2. The molecule has 3 atom stereocenters. The van der Waals surface area contributed by atoms with Crippen molar-refractivity contribution in [3.05, 3.63) is 6.20 Å². The van der Waals surface area contributed by atoms with Crippen LogP contribution in [0.4, 0.5) is 0 Å². The van der Waals surface area contributed by atoms with Crippen LogP contribution in [0.1, 0.15) is 32.1 Å². The van der Waals surface area contributed by atoms with Crippen molar-refractivity contribution in [1.29, 1.82) is 0 Å². The molecule has 0 saturated carbocycles. The summed E-state index contributed by atoms with van der Waals surface area (Å²) in [7, 11) is 2.26. The fourth-order valence-electron chi connectivity index (χ4n) is 3.55. The predicted molar refractivity (Wildman–Crippen MR) is 81.6 cm³/mol. The van der Waals surface area contributed by atoms with Crippen LogP contribution in [0.2, 0.25) is 0 Å². The molecule has 6 nitrogen and oxygen atoms in total. The number of nitrogens with zero attached hydrogens (tertiary/aromatic N) is 3. The Morgan fingerprint density at radius 3 is 2.90 bits per heavy atom. The lowest BCUT2D eigenvalue weighted by molar-refractivity contribution is 0.0412. The smallest absolute Gasteiger partial charge is 0.245 e. The molecule has 118 valence electrons. The van der Waals surface area contributed by atoms with Crippen molar-refractivity contribution in [2.75, 3.05) is 20.2 Å². The van der Waals surface area contributed by atoms with Gasteiger partial charge in [0.1, 0.15) is 18.9 Å². The van der Waals surface area contributed by atoms with E-state index in [9.17, 15) is 5.11 Å². The second-order valence-corrected chi connectivity index (χ2v) is 6.75. The fraction of sp³-hybridized carbons (Fsp3) is 0.857. The number of fused-ring (bicyclic) bond motifs is 2. The van der Waals surface area contributed by atoms with Crippen LogP contribution in [0.25, 0.3) is 0 Å². The Kier molecular flexibility index (Phi) is 5.05. The third kappa shape index (κ3) is 3.91. The Balaban J connectivity index is 1.39. The van der Waals surface area contributed by atoms with Crippen molar-refractivity contribution in [2.45, 2.75) is 56.3 Å². The van der Waals surface area contributed by atoms with Crippen LogP contribution in [-0.2, 0) is 0 Å². The molecular weight excluding hydrogens is 288 g/mol. The minimum absolute atomic E-state index is 0.262. The monoisotopic (exact) mass is 312 g/mol. The summed E-state index contributed by atoms with van der Waals surface area (Å²) in [5.41, 5.74) is 0. The summed E-state index contributed by atoms with van der Waals surface area (Å²) >= 11 is 1.11. The number of aliphatic hydroxyl groups is 1. The molecule has 21 heavy (non-hydrogen) atoms. The standard InChI is InChI=1S/C14H24N4O2S/c1-18-11-3-2-4-12(18)6-10(5-11)15-7-13(19)9-20-14-8-16-21-17-14/h8,10-13,15,19H,2-7,9H2,1H3. The van der Waals surface area contributed by atoms with Gasteiger partial charge in [0.15, 0.2) is 0 Å². The second-order valence-electron chi connectivity index (χ2n) is 6.19. The summed E-state index contributed by atoms with van der Waals surface area (Å²) in [4.78, 5) is 2.55. The Labute approximate surface area is 129 Å². The number of aliphatic hydroxyl groups excluding tert-OH is 1. The van der Waals surface area contributed by atoms with Crippen molar-refractivity contribution in [2.24, 2.45) is 0 Å². The molecule has 2 aliphatic heterocycles. The summed E-state index contributed by atoms with van der Waals surface area (Å²) in [5.74, 6) is 0.493. The molecule has 1 aromatic rings. The van der Waals surface area contributed by atoms with Crippen LogP contribution >= 0.6 is 11.7 Å². The number of hydrogen-bond acceptors (Lipinski definition) is 7. The Morgan fingerprint density at radius 1 is 1.48 bits per heavy atom. The van der Waals surface area contributed by atoms with Gasteiger partial charge in [0.05, 0.1) is 11.7 Å². The maximum Gasteiger partial charge on any atom is 0.245 e. The molecule has 3 unspecified atom stereocenters. The van der Waals surface area contributed by atoms with E-state index in [2.05, 4.69) is 26.0 Å². The average molecular weight is 312 g/mol. The predicted octanol–water partition coefficient (Wildman–Crippen LogP) is 0.883. The summed E-state index contributed by atoms with van der Waals surface area (Å²) in [6.45, 7) is 0.837. The van der Waals surface area contributed by atoms with Gasteiger partial charge in [-0.05, 0) is 32.7 Å². The lowest BCUT2D eigenvalue weighted by Crippen LogP contribution is -2.55. The largest absolute Gasteiger partial charge is 0.473 e. The highest BCUT2D eigenvalue weighted by Crippen LogP contribution is 2.32. The summed E-state index contributed by atoms with van der Waals surface area (Å²) < 4.78 is 13.2. The molecule has 0 amide bonds. The van der Waals surface area contributed by atoms with Gasteiger partial charge in [-0.1, -0.05) is 6.42 Å². The van der Waals surface area contributed by atoms with E-state index in [1.54, 1.807) is 6.20 Å². The van der Waals surface area contributed by atoms with E-state index in [4.69, 9.17) is 4.74 Å². The van der Waals surface area contributed by atoms with Crippen LogP contribution in [0.3, 0.4) is 0 Å². The lowest BCUT2D eigenvalue weighted by atomic mass is 9.82. The third-order valence-corrected chi connectivity index (χ3v) is 5.21. The SMILES string of the molecule is CN1C2CCCC1CC(NCC(O)COc1cnsn1)C2. The van der Waals surface area contributed by atoms with E-state index in [-0.39, 0.29) is 6.61 Å². The third-order valence-electron chi connectivity index (χ3n) is 4.75. The van der Waals surface area contributed by atoms with Gasteiger partial charge in [-0.25, -0.2) is 0 Å². The van der Waals surface area contributed by atoms with Gasteiger partial charge in [0.25, 0.3) is 0 Å². The molecule has 3 rings (SSSR count). The van der Waals surface area contributed by atoms with Crippen molar-refractivity contribution in [3.63, 3.8) is 0 Å². The van der Waals surface area contributed by atoms with E-state index in [0.29, 0.717) is 30.6 Å². The first-order chi connectivity index (χ1) is 10.2. The molecule has 3 heterocycles. The zero-order valence-electron chi connectivity index (χ0n) is 12.4. The highest BCUT2D eigenvalue weighted by atomic mass is 32.1. The van der Waals surface area contributed by atoms with Gasteiger partial charge >= 0.3 is 0 Å². The van der Waals surface area contributed by atoms with Crippen LogP contribution < -0.4 is 10.1 Å².